The fraction of sp³-hybridized carbons (Fsp3) is 0.125. The number of nitrogens with zero attached hydrogens (tertiary/aromatic N) is 1. The van der Waals surface area contributed by atoms with E-state index in [-0.39, 0.29) is 11.3 Å². The second kappa shape index (κ2) is 6.52. The molecule has 0 saturated carbocycles. The number of rotatable bonds is 4. The van der Waals surface area contributed by atoms with Gasteiger partial charge in [0.05, 0.1) is 5.56 Å². The Labute approximate surface area is 117 Å². The number of hydrogen-bond acceptors (Lipinski definition) is 3. The molecule has 0 radical (unpaired) electrons. The van der Waals surface area contributed by atoms with Crippen LogP contribution in [0.5, 0.6) is 5.75 Å². The van der Waals surface area contributed by atoms with E-state index in [9.17, 15) is 9.90 Å². The highest BCUT2D eigenvalue weighted by molar-refractivity contribution is 5.97. The molecule has 1 amide bonds. The molecule has 4 nitrogen and oxygen atoms in total. The number of benzene rings is 2. The van der Waals surface area contributed by atoms with Crippen LogP contribution in [0.25, 0.3) is 0 Å². The Bertz CT molecular complexity index is 621. The van der Waals surface area contributed by atoms with Gasteiger partial charge in [-0.15, -0.1) is 0 Å². The molecule has 0 aliphatic heterocycles. The standard InChI is InChI=1S/C16H16N2O2/c1-12(11-13-7-3-2-4-8-13)17-18-16(20)14-9-5-6-10-15(14)19/h2-10,19H,11H2,1H3,(H,18,20)/b17-12+. The van der Waals surface area contributed by atoms with E-state index in [2.05, 4.69) is 10.5 Å². The first-order valence-corrected chi connectivity index (χ1v) is 6.32. The molecule has 0 saturated heterocycles. The molecule has 0 aliphatic rings. The second-order valence-corrected chi connectivity index (χ2v) is 4.47. The zero-order valence-corrected chi connectivity index (χ0v) is 11.2. The molecule has 0 unspecified atom stereocenters. The zero-order chi connectivity index (χ0) is 14.4. The van der Waals surface area contributed by atoms with E-state index in [1.165, 1.54) is 6.07 Å². The largest absolute Gasteiger partial charge is 0.507 e. The second-order valence-electron chi connectivity index (χ2n) is 4.47. The third-order valence-electron chi connectivity index (χ3n) is 2.80. The van der Waals surface area contributed by atoms with Gasteiger partial charge in [0, 0.05) is 12.1 Å². The van der Waals surface area contributed by atoms with Gasteiger partial charge < -0.3 is 5.11 Å². The first-order valence-electron chi connectivity index (χ1n) is 6.32. The van der Waals surface area contributed by atoms with Gasteiger partial charge >= 0.3 is 0 Å². The van der Waals surface area contributed by atoms with Crippen molar-refractivity contribution in [2.45, 2.75) is 13.3 Å². The molecule has 102 valence electrons. The smallest absolute Gasteiger partial charge is 0.275 e. The highest BCUT2D eigenvalue weighted by Crippen LogP contribution is 2.14. The Morgan fingerprint density at radius 1 is 1.10 bits per heavy atom. The van der Waals surface area contributed by atoms with E-state index in [1.807, 2.05) is 37.3 Å². The maximum absolute atomic E-state index is 11.8. The summed E-state index contributed by atoms with van der Waals surface area (Å²) >= 11 is 0. The Hall–Kier alpha value is -2.62. The van der Waals surface area contributed by atoms with Gasteiger partial charge in [-0.25, -0.2) is 5.43 Å². The Balaban J connectivity index is 1.99. The van der Waals surface area contributed by atoms with Gasteiger partial charge in [0.25, 0.3) is 5.91 Å². The average Bonchev–Trinajstić information content (AvgIpc) is 2.46. The number of carbonyl (C=O) groups is 1. The van der Waals surface area contributed by atoms with Gasteiger partial charge in [-0.05, 0) is 24.6 Å². The van der Waals surface area contributed by atoms with Crippen molar-refractivity contribution >= 4 is 11.6 Å². The predicted octanol–water partition coefficient (Wildman–Crippen LogP) is 2.74. The lowest BCUT2D eigenvalue weighted by molar-refractivity contribution is 0.0952. The van der Waals surface area contributed by atoms with Crippen molar-refractivity contribution in [2.75, 3.05) is 0 Å². The van der Waals surface area contributed by atoms with Crippen LogP contribution in [0.2, 0.25) is 0 Å². The highest BCUT2D eigenvalue weighted by Gasteiger charge is 2.08. The summed E-state index contributed by atoms with van der Waals surface area (Å²) < 4.78 is 0. The normalized spacial score (nSPS) is 11.2. The lowest BCUT2D eigenvalue weighted by Gasteiger charge is -2.04. The van der Waals surface area contributed by atoms with Crippen LogP contribution in [-0.4, -0.2) is 16.7 Å². The maximum atomic E-state index is 11.8. The summed E-state index contributed by atoms with van der Waals surface area (Å²) in [6.07, 6.45) is 0.669. The number of hydrazone groups is 1. The number of hydrogen-bond donors (Lipinski definition) is 2. The molecule has 0 atom stereocenters. The minimum atomic E-state index is -0.421. The van der Waals surface area contributed by atoms with Crippen LogP contribution < -0.4 is 5.43 Å². The molecule has 4 heteroatoms. The minimum absolute atomic E-state index is 0.0547. The summed E-state index contributed by atoms with van der Waals surface area (Å²) in [5.41, 5.74) is 4.58. The molecule has 0 spiro atoms. The SMILES string of the molecule is C/C(Cc1ccccc1)=N\NC(=O)c1ccccc1O. The van der Waals surface area contributed by atoms with Crippen molar-refractivity contribution in [2.24, 2.45) is 5.10 Å². The Morgan fingerprint density at radius 2 is 1.75 bits per heavy atom. The number of phenolic OH excluding ortho intramolecular Hbond substituents is 1. The van der Waals surface area contributed by atoms with Gasteiger partial charge in [0.1, 0.15) is 5.75 Å². The number of nitrogens with one attached hydrogen (secondary N) is 1. The Morgan fingerprint density at radius 3 is 2.45 bits per heavy atom. The van der Waals surface area contributed by atoms with E-state index < -0.39 is 5.91 Å². The van der Waals surface area contributed by atoms with E-state index in [1.54, 1.807) is 18.2 Å². The predicted molar refractivity (Wildman–Crippen MR) is 78.8 cm³/mol. The monoisotopic (exact) mass is 268 g/mol. The van der Waals surface area contributed by atoms with Crippen molar-refractivity contribution < 1.29 is 9.90 Å². The molecule has 0 aromatic heterocycles. The van der Waals surface area contributed by atoms with Crippen LogP contribution in [-0.2, 0) is 6.42 Å². The third kappa shape index (κ3) is 3.68. The summed E-state index contributed by atoms with van der Waals surface area (Å²) in [5.74, 6) is -0.476. The summed E-state index contributed by atoms with van der Waals surface area (Å²) in [6.45, 7) is 1.85. The molecule has 0 aliphatic carbocycles. The molecule has 2 rings (SSSR count). The van der Waals surface area contributed by atoms with Crippen molar-refractivity contribution in [3.05, 3.63) is 65.7 Å². The topological polar surface area (TPSA) is 61.7 Å². The number of aromatic hydroxyl groups is 1. The van der Waals surface area contributed by atoms with E-state index in [4.69, 9.17) is 0 Å². The number of carbonyl (C=O) groups excluding carboxylic acids is 1. The van der Waals surface area contributed by atoms with Gasteiger partial charge in [-0.2, -0.15) is 5.10 Å². The number of phenols is 1. The Kier molecular flexibility index (Phi) is 4.50. The summed E-state index contributed by atoms with van der Waals surface area (Å²) in [4.78, 5) is 11.8. The molecule has 0 heterocycles. The van der Waals surface area contributed by atoms with Crippen molar-refractivity contribution in [3.8, 4) is 5.75 Å². The number of para-hydroxylation sites is 1. The van der Waals surface area contributed by atoms with Crippen LogP contribution in [0.15, 0.2) is 59.7 Å². The summed E-state index contributed by atoms with van der Waals surface area (Å²) in [5, 5.41) is 13.6. The molecule has 2 aromatic carbocycles. The maximum Gasteiger partial charge on any atom is 0.275 e. The quantitative estimate of drug-likeness (QED) is 0.661. The van der Waals surface area contributed by atoms with Crippen molar-refractivity contribution in [1.82, 2.24) is 5.43 Å². The van der Waals surface area contributed by atoms with Gasteiger partial charge in [0.15, 0.2) is 0 Å². The summed E-state index contributed by atoms with van der Waals surface area (Å²) in [7, 11) is 0. The lowest BCUT2D eigenvalue weighted by atomic mass is 10.1. The highest BCUT2D eigenvalue weighted by atomic mass is 16.3. The molecule has 2 N–H and O–H groups in total. The van der Waals surface area contributed by atoms with Crippen LogP contribution in [0, 0.1) is 0 Å². The van der Waals surface area contributed by atoms with Crippen LogP contribution in [0.3, 0.4) is 0 Å². The fourth-order valence-corrected chi connectivity index (χ4v) is 1.80. The van der Waals surface area contributed by atoms with Gasteiger partial charge in [-0.1, -0.05) is 42.5 Å². The molecule has 0 bridgehead atoms. The van der Waals surface area contributed by atoms with Crippen molar-refractivity contribution in [3.63, 3.8) is 0 Å². The fourth-order valence-electron chi connectivity index (χ4n) is 1.80. The van der Waals surface area contributed by atoms with Crippen LogP contribution in [0.4, 0.5) is 0 Å². The van der Waals surface area contributed by atoms with E-state index in [0.717, 1.165) is 11.3 Å². The third-order valence-corrected chi connectivity index (χ3v) is 2.80. The zero-order valence-electron chi connectivity index (χ0n) is 11.2. The summed E-state index contributed by atoms with van der Waals surface area (Å²) in [6, 6.07) is 16.3. The molecule has 2 aromatic rings. The molecular weight excluding hydrogens is 252 g/mol. The van der Waals surface area contributed by atoms with Gasteiger partial charge in [0.2, 0.25) is 0 Å². The van der Waals surface area contributed by atoms with Crippen LogP contribution >= 0.6 is 0 Å². The lowest BCUT2D eigenvalue weighted by Crippen LogP contribution is -2.19. The molecule has 20 heavy (non-hydrogen) atoms. The van der Waals surface area contributed by atoms with E-state index in [0.29, 0.717) is 6.42 Å². The number of amides is 1. The van der Waals surface area contributed by atoms with E-state index >= 15 is 0 Å². The first kappa shape index (κ1) is 13.8. The van der Waals surface area contributed by atoms with Crippen LogP contribution in [0.1, 0.15) is 22.8 Å². The molecular formula is C16H16N2O2. The van der Waals surface area contributed by atoms with Crippen molar-refractivity contribution in [1.29, 1.82) is 0 Å². The first-order chi connectivity index (χ1) is 9.66. The minimum Gasteiger partial charge on any atom is -0.507 e. The van der Waals surface area contributed by atoms with Gasteiger partial charge in [-0.3, -0.25) is 4.79 Å². The molecule has 0 fully saturated rings. The average molecular weight is 268 g/mol.